The van der Waals surface area contributed by atoms with Crippen molar-refractivity contribution in [2.24, 2.45) is 4.99 Å². The van der Waals surface area contributed by atoms with E-state index in [4.69, 9.17) is 37.4 Å². The van der Waals surface area contributed by atoms with Crippen LogP contribution in [0.2, 0.25) is 10.0 Å². The molecule has 0 saturated heterocycles. The van der Waals surface area contributed by atoms with Gasteiger partial charge in [0.1, 0.15) is 24.1 Å². The summed E-state index contributed by atoms with van der Waals surface area (Å²) in [6, 6.07) is 19.5. The van der Waals surface area contributed by atoms with Crippen molar-refractivity contribution in [1.29, 1.82) is 0 Å². The van der Waals surface area contributed by atoms with E-state index in [0.717, 1.165) is 11.1 Å². The first-order valence-electron chi connectivity index (χ1n) is 13.8. The van der Waals surface area contributed by atoms with E-state index < -0.39 is 12.0 Å². The van der Waals surface area contributed by atoms with Crippen molar-refractivity contribution in [3.05, 3.63) is 124 Å². The molecule has 4 aromatic rings. The van der Waals surface area contributed by atoms with Gasteiger partial charge in [-0.05, 0) is 75.2 Å². The van der Waals surface area contributed by atoms with Crippen molar-refractivity contribution in [3.8, 4) is 11.5 Å². The van der Waals surface area contributed by atoms with Gasteiger partial charge in [-0.1, -0.05) is 70.9 Å². The van der Waals surface area contributed by atoms with Gasteiger partial charge < -0.3 is 14.2 Å². The SMILES string of the molecule is CCOC(=O)C1=C(C)N=c2s/c(=C/c3cccc(OCc4ccc(Cl)c(Cl)c4)c3)c(=O)n2[C@H]1c1ccccc1OC(C)C. The number of ether oxygens (including phenoxy) is 3. The summed E-state index contributed by atoms with van der Waals surface area (Å²) in [5.74, 6) is 0.695. The Bertz CT molecular complexity index is 1890. The fraction of sp³-hybridized carbons (Fsp3) is 0.242. The first-order valence-corrected chi connectivity index (χ1v) is 15.4. The molecule has 1 aliphatic heterocycles. The van der Waals surface area contributed by atoms with Gasteiger partial charge in [0.25, 0.3) is 5.56 Å². The van der Waals surface area contributed by atoms with Crippen molar-refractivity contribution < 1.29 is 19.0 Å². The van der Waals surface area contributed by atoms with E-state index in [1.807, 2.05) is 68.4 Å². The normalized spacial score (nSPS) is 14.9. The second kappa shape index (κ2) is 13.2. The van der Waals surface area contributed by atoms with E-state index in [9.17, 15) is 9.59 Å². The maximum Gasteiger partial charge on any atom is 0.338 e. The van der Waals surface area contributed by atoms with Gasteiger partial charge in [0.05, 0.1) is 38.6 Å². The minimum Gasteiger partial charge on any atom is -0.491 e. The maximum absolute atomic E-state index is 14.0. The smallest absolute Gasteiger partial charge is 0.338 e. The third kappa shape index (κ3) is 6.72. The zero-order valence-corrected chi connectivity index (χ0v) is 26.4. The Balaban J connectivity index is 1.56. The number of aromatic nitrogens is 1. The van der Waals surface area contributed by atoms with Crippen LogP contribution in [0.5, 0.6) is 11.5 Å². The van der Waals surface area contributed by atoms with E-state index >= 15 is 0 Å². The molecule has 43 heavy (non-hydrogen) atoms. The lowest BCUT2D eigenvalue weighted by Gasteiger charge is -2.26. The van der Waals surface area contributed by atoms with Crippen LogP contribution in [-0.4, -0.2) is 23.2 Å². The van der Waals surface area contributed by atoms with Gasteiger partial charge in [-0.15, -0.1) is 0 Å². The zero-order valence-electron chi connectivity index (χ0n) is 24.1. The number of fused-ring (bicyclic) bond motifs is 1. The number of carbonyl (C=O) groups is 1. The van der Waals surface area contributed by atoms with E-state index in [0.29, 0.717) is 54.3 Å². The average Bonchev–Trinajstić information content (AvgIpc) is 3.27. The zero-order chi connectivity index (χ0) is 30.7. The second-order valence-electron chi connectivity index (χ2n) is 10.1. The number of benzene rings is 3. The largest absolute Gasteiger partial charge is 0.491 e. The summed E-state index contributed by atoms with van der Waals surface area (Å²) < 4.78 is 19.5. The van der Waals surface area contributed by atoms with Crippen molar-refractivity contribution in [2.45, 2.75) is 46.4 Å². The average molecular weight is 638 g/mol. The molecule has 1 atom stereocenters. The molecular formula is C33H30Cl2N2O5S. The molecule has 0 spiro atoms. The molecule has 0 saturated carbocycles. The first-order chi connectivity index (χ1) is 20.7. The molecule has 0 radical (unpaired) electrons. The van der Waals surface area contributed by atoms with Crippen molar-refractivity contribution in [1.82, 2.24) is 4.57 Å². The highest BCUT2D eigenvalue weighted by molar-refractivity contribution is 7.07. The summed E-state index contributed by atoms with van der Waals surface area (Å²) in [4.78, 5) is 32.4. The van der Waals surface area contributed by atoms with Gasteiger partial charge in [-0.3, -0.25) is 9.36 Å². The van der Waals surface area contributed by atoms with Crippen LogP contribution in [0.1, 0.15) is 50.4 Å². The molecular weight excluding hydrogens is 607 g/mol. The van der Waals surface area contributed by atoms with Crippen LogP contribution in [0, 0.1) is 0 Å². The molecule has 1 aliphatic rings. The van der Waals surface area contributed by atoms with Crippen LogP contribution in [-0.2, 0) is 16.1 Å². The second-order valence-corrected chi connectivity index (χ2v) is 11.9. The number of esters is 1. The molecule has 0 fully saturated rings. The third-order valence-electron chi connectivity index (χ3n) is 6.64. The molecule has 3 aromatic carbocycles. The highest BCUT2D eigenvalue weighted by atomic mass is 35.5. The molecule has 0 N–H and O–H groups in total. The molecule has 0 bridgehead atoms. The number of rotatable bonds is 9. The number of carbonyl (C=O) groups excluding carboxylic acids is 1. The van der Waals surface area contributed by atoms with Crippen LogP contribution in [0.15, 0.2) is 87.8 Å². The molecule has 7 nitrogen and oxygen atoms in total. The first kappa shape index (κ1) is 30.6. The van der Waals surface area contributed by atoms with Crippen LogP contribution in [0.3, 0.4) is 0 Å². The summed E-state index contributed by atoms with van der Waals surface area (Å²) in [6.45, 7) is 7.86. The Labute approximate surface area is 263 Å². The predicted molar refractivity (Wildman–Crippen MR) is 170 cm³/mol. The topological polar surface area (TPSA) is 79.1 Å². The lowest BCUT2D eigenvalue weighted by molar-refractivity contribution is -0.139. The summed E-state index contributed by atoms with van der Waals surface area (Å²) >= 11 is 13.4. The van der Waals surface area contributed by atoms with E-state index in [2.05, 4.69) is 4.99 Å². The highest BCUT2D eigenvalue weighted by Crippen LogP contribution is 2.36. The number of halogens is 2. The molecule has 0 amide bonds. The Hall–Kier alpha value is -3.85. The molecule has 0 aliphatic carbocycles. The summed E-state index contributed by atoms with van der Waals surface area (Å²) in [7, 11) is 0. The minimum atomic E-state index is -0.770. The Kier molecular flexibility index (Phi) is 9.40. The van der Waals surface area contributed by atoms with E-state index in [1.165, 1.54) is 11.3 Å². The van der Waals surface area contributed by atoms with Gasteiger partial charge in [0.2, 0.25) is 0 Å². The quantitative estimate of drug-likeness (QED) is 0.197. The summed E-state index contributed by atoms with van der Waals surface area (Å²) in [5.41, 5.74) is 2.86. The van der Waals surface area contributed by atoms with Crippen LogP contribution in [0.4, 0.5) is 0 Å². The number of thiazole rings is 1. The van der Waals surface area contributed by atoms with Gasteiger partial charge in [-0.25, -0.2) is 9.79 Å². The van der Waals surface area contributed by atoms with Crippen molar-refractivity contribution >= 4 is 46.6 Å². The van der Waals surface area contributed by atoms with Crippen LogP contribution < -0.4 is 24.4 Å². The van der Waals surface area contributed by atoms with Crippen LogP contribution >= 0.6 is 34.5 Å². The summed E-state index contributed by atoms with van der Waals surface area (Å²) in [6.07, 6.45) is 1.69. The lowest BCUT2D eigenvalue weighted by Crippen LogP contribution is -2.40. The van der Waals surface area contributed by atoms with Crippen molar-refractivity contribution in [3.63, 3.8) is 0 Å². The van der Waals surface area contributed by atoms with E-state index in [-0.39, 0.29) is 18.3 Å². The lowest BCUT2D eigenvalue weighted by atomic mass is 9.95. The molecule has 10 heteroatoms. The van der Waals surface area contributed by atoms with Crippen LogP contribution in [0.25, 0.3) is 6.08 Å². The number of nitrogens with zero attached hydrogens (tertiary/aromatic N) is 2. The van der Waals surface area contributed by atoms with Gasteiger partial charge in [-0.2, -0.15) is 0 Å². The van der Waals surface area contributed by atoms with Gasteiger partial charge in [0.15, 0.2) is 4.80 Å². The monoisotopic (exact) mass is 636 g/mol. The Morgan fingerprint density at radius 2 is 1.86 bits per heavy atom. The number of hydrogen-bond acceptors (Lipinski definition) is 7. The molecule has 222 valence electrons. The van der Waals surface area contributed by atoms with Gasteiger partial charge in [0, 0.05) is 5.56 Å². The fourth-order valence-electron chi connectivity index (χ4n) is 4.80. The molecule has 0 unspecified atom stereocenters. The molecule has 2 heterocycles. The summed E-state index contributed by atoms with van der Waals surface area (Å²) in [5, 5.41) is 0.946. The van der Waals surface area contributed by atoms with Crippen molar-refractivity contribution in [2.75, 3.05) is 6.61 Å². The molecule has 5 rings (SSSR count). The van der Waals surface area contributed by atoms with Gasteiger partial charge >= 0.3 is 5.97 Å². The predicted octanol–water partition coefficient (Wildman–Crippen LogP) is 6.47. The Morgan fingerprint density at radius 1 is 1.07 bits per heavy atom. The maximum atomic E-state index is 14.0. The standard InChI is InChI=1S/C33H30Cl2N2O5S/c1-5-40-32(39)29-20(4)36-33-37(30(29)24-11-6-7-12-27(24)42-19(2)3)31(38)28(43-33)17-21-9-8-10-23(15-21)41-18-22-13-14-25(34)26(35)16-22/h6-17,19,30H,5,18H2,1-4H3/b28-17+/t30-/m0/s1. The minimum absolute atomic E-state index is 0.112. The highest BCUT2D eigenvalue weighted by Gasteiger charge is 2.35. The number of para-hydroxylation sites is 1. The molecule has 1 aromatic heterocycles. The fourth-order valence-corrected chi connectivity index (χ4v) is 6.16. The number of allylic oxidation sites excluding steroid dienone is 1. The van der Waals surface area contributed by atoms with E-state index in [1.54, 1.807) is 36.6 Å². The Morgan fingerprint density at radius 3 is 2.60 bits per heavy atom. The third-order valence-corrected chi connectivity index (χ3v) is 8.36. The number of hydrogen-bond donors (Lipinski definition) is 0.